The molecule has 0 saturated carbocycles. The van der Waals surface area contributed by atoms with Crippen molar-refractivity contribution in [2.75, 3.05) is 25.5 Å². The lowest BCUT2D eigenvalue weighted by molar-refractivity contribution is -0.159. The second-order valence-corrected chi connectivity index (χ2v) is 9.15. The molecule has 0 bridgehead atoms. The van der Waals surface area contributed by atoms with E-state index in [0.29, 0.717) is 43.5 Å². The number of anilines is 1. The maximum atomic E-state index is 14.9. The van der Waals surface area contributed by atoms with E-state index in [9.17, 15) is 18.7 Å². The number of benzene rings is 2. The Morgan fingerprint density at radius 2 is 1.79 bits per heavy atom. The molecule has 1 aliphatic heterocycles. The van der Waals surface area contributed by atoms with Crippen LogP contribution < -0.4 is 15.4 Å². The van der Waals surface area contributed by atoms with Crippen LogP contribution in [0.2, 0.25) is 0 Å². The topological polar surface area (TPSA) is 187 Å². The lowest BCUT2D eigenvalue weighted by atomic mass is 10.1. The first-order chi connectivity index (χ1) is 20.1. The zero-order valence-corrected chi connectivity index (χ0v) is 22.2. The molecule has 15 heteroatoms. The van der Waals surface area contributed by atoms with E-state index in [1.54, 1.807) is 29.3 Å². The number of pyridine rings is 1. The molecule has 2 amide bonds. The number of phenolic OH excluding ortho intramolecular Hbond substituents is 1. The summed E-state index contributed by atoms with van der Waals surface area (Å²) < 4.78 is 34.1. The van der Waals surface area contributed by atoms with Crippen molar-refractivity contribution < 1.29 is 43.2 Å². The molecule has 0 unspecified atom stereocenters. The highest BCUT2D eigenvalue weighted by molar-refractivity contribution is 6.27. The predicted molar refractivity (Wildman–Crippen MR) is 145 cm³/mol. The van der Waals surface area contributed by atoms with Gasteiger partial charge in [-0.05, 0) is 31.0 Å². The van der Waals surface area contributed by atoms with E-state index in [1.807, 2.05) is 0 Å². The standard InChI is InChI=1S/C25H24F2N6O3.C2H2O4/c1-36-20-11-16(26)23-21(22(20)27)17(5-8-28-23)32-25(35)33-9-6-14(7-10-33)29-12-15-13-30-24-18(31-15)3-2-4-19(24)34;3-1(4)2(5)6/h2-5,8,11,13-14,29,34H,6-7,9-10,12H2,1H3,(H,28,32,35);(H,3,4)(H,5,6). The Bertz CT molecular complexity index is 1630. The summed E-state index contributed by atoms with van der Waals surface area (Å²) in [4.78, 5) is 45.4. The van der Waals surface area contributed by atoms with Crippen molar-refractivity contribution in [3.63, 3.8) is 0 Å². The molecule has 0 atom stereocenters. The van der Waals surface area contributed by atoms with Gasteiger partial charge in [0.2, 0.25) is 0 Å². The van der Waals surface area contributed by atoms with Crippen LogP contribution in [-0.4, -0.2) is 79.4 Å². The minimum Gasteiger partial charge on any atom is -0.506 e. The van der Waals surface area contributed by atoms with Crippen molar-refractivity contribution in [2.45, 2.75) is 25.4 Å². The molecule has 0 spiro atoms. The number of fused-ring (bicyclic) bond motifs is 2. The number of carbonyl (C=O) groups is 3. The van der Waals surface area contributed by atoms with Crippen molar-refractivity contribution in [3.8, 4) is 11.5 Å². The van der Waals surface area contributed by atoms with Crippen LogP contribution in [0.4, 0.5) is 19.3 Å². The number of hydrogen-bond acceptors (Lipinski definition) is 9. The lowest BCUT2D eigenvalue weighted by Crippen LogP contribution is -2.46. The van der Waals surface area contributed by atoms with Gasteiger partial charge >= 0.3 is 18.0 Å². The number of methoxy groups -OCH3 is 1. The van der Waals surface area contributed by atoms with Crippen LogP contribution in [0.1, 0.15) is 18.5 Å². The molecule has 1 fully saturated rings. The number of para-hydroxylation sites is 1. The molecular formula is C27H26F2N6O7. The van der Waals surface area contributed by atoms with Crippen LogP contribution in [0.15, 0.2) is 42.7 Å². The molecule has 4 aromatic rings. The first kappa shape index (κ1) is 29.8. The van der Waals surface area contributed by atoms with Gasteiger partial charge in [-0.1, -0.05) is 6.07 Å². The molecule has 0 radical (unpaired) electrons. The third-order valence-corrected chi connectivity index (χ3v) is 6.47. The highest BCUT2D eigenvalue weighted by Gasteiger charge is 2.24. The molecule has 2 aromatic heterocycles. The Hall–Kier alpha value is -5.18. The van der Waals surface area contributed by atoms with Gasteiger partial charge in [-0.3, -0.25) is 4.98 Å². The summed E-state index contributed by atoms with van der Waals surface area (Å²) >= 11 is 0. The van der Waals surface area contributed by atoms with Crippen LogP contribution in [0.5, 0.6) is 11.5 Å². The van der Waals surface area contributed by atoms with Gasteiger partial charge in [0.1, 0.15) is 16.8 Å². The molecule has 1 saturated heterocycles. The summed E-state index contributed by atoms with van der Waals surface area (Å²) in [6.45, 7) is 1.49. The number of nitrogens with one attached hydrogen (secondary N) is 2. The molecule has 13 nitrogen and oxygen atoms in total. The Labute approximate surface area is 236 Å². The number of aliphatic carboxylic acids is 2. The number of phenols is 1. The Morgan fingerprint density at radius 1 is 1.07 bits per heavy atom. The number of likely N-dealkylation sites (tertiary alicyclic amines) is 1. The van der Waals surface area contributed by atoms with Crippen molar-refractivity contribution in [2.24, 2.45) is 0 Å². The van der Waals surface area contributed by atoms with Crippen molar-refractivity contribution >= 4 is 45.6 Å². The number of ether oxygens (including phenoxy) is 1. The second-order valence-electron chi connectivity index (χ2n) is 9.15. The lowest BCUT2D eigenvalue weighted by Gasteiger charge is -2.32. The molecule has 3 heterocycles. The van der Waals surface area contributed by atoms with Gasteiger partial charge in [-0.2, -0.15) is 0 Å². The number of rotatable bonds is 5. The van der Waals surface area contributed by atoms with Crippen LogP contribution in [0.3, 0.4) is 0 Å². The first-order valence-electron chi connectivity index (χ1n) is 12.6. The van der Waals surface area contributed by atoms with E-state index in [2.05, 4.69) is 25.6 Å². The summed E-state index contributed by atoms with van der Waals surface area (Å²) in [6, 6.07) is 7.23. The second kappa shape index (κ2) is 13.0. The summed E-state index contributed by atoms with van der Waals surface area (Å²) in [5.74, 6) is -5.34. The van der Waals surface area contributed by atoms with E-state index in [-0.39, 0.29) is 34.1 Å². The van der Waals surface area contributed by atoms with Crippen LogP contribution in [0.25, 0.3) is 21.9 Å². The quantitative estimate of drug-likeness (QED) is 0.217. The van der Waals surface area contributed by atoms with Crippen molar-refractivity contribution in [3.05, 3.63) is 60.1 Å². The average Bonchev–Trinajstić information content (AvgIpc) is 2.98. The number of piperidine rings is 1. The molecule has 220 valence electrons. The summed E-state index contributed by atoms with van der Waals surface area (Å²) in [6.07, 6.45) is 4.38. The molecule has 5 N–H and O–H groups in total. The van der Waals surface area contributed by atoms with E-state index < -0.39 is 29.6 Å². The molecular weight excluding hydrogens is 558 g/mol. The van der Waals surface area contributed by atoms with Crippen molar-refractivity contribution in [1.29, 1.82) is 0 Å². The van der Waals surface area contributed by atoms with E-state index in [4.69, 9.17) is 24.5 Å². The number of hydrogen-bond donors (Lipinski definition) is 5. The normalized spacial score (nSPS) is 13.4. The minimum absolute atomic E-state index is 0.0944. The number of carboxylic acids is 2. The maximum Gasteiger partial charge on any atom is 0.414 e. The highest BCUT2D eigenvalue weighted by Crippen LogP contribution is 2.33. The number of aromatic nitrogens is 3. The minimum atomic E-state index is -1.82. The fourth-order valence-corrected chi connectivity index (χ4v) is 4.37. The number of amides is 2. The average molecular weight is 585 g/mol. The molecule has 2 aromatic carbocycles. The smallest absolute Gasteiger partial charge is 0.414 e. The Kier molecular flexibility index (Phi) is 9.22. The van der Waals surface area contributed by atoms with E-state index in [0.717, 1.165) is 11.8 Å². The van der Waals surface area contributed by atoms with Gasteiger partial charge in [0.15, 0.2) is 17.4 Å². The molecule has 42 heavy (non-hydrogen) atoms. The predicted octanol–water partition coefficient (Wildman–Crippen LogP) is 3.11. The maximum absolute atomic E-state index is 14.9. The summed E-state index contributed by atoms with van der Waals surface area (Å²) in [7, 11) is 1.24. The van der Waals surface area contributed by atoms with Gasteiger partial charge in [-0.15, -0.1) is 0 Å². The van der Waals surface area contributed by atoms with Gasteiger partial charge in [0.05, 0.1) is 35.6 Å². The highest BCUT2D eigenvalue weighted by atomic mass is 19.1. The number of carbonyl (C=O) groups excluding carboxylic acids is 1. The zero-order valence-electron chi connectivity index (χ0n) is 22.2. The molecule has 5 rings (SSSR count). The van der Waals surface area contributed by atoms with Crippen LogP contribution in [-0.2, 0) is 16.1 Å². The fraction of sp³-hybridized carbons (Fsp3) is 0.259. The van der Waals surface area contributed by atoms with E-state index >= 15 is 0 Å². The van der Waals surface area contributed by atoms with Crippen molar-refractivity contribution in [1.82, 2.24) is 25.2 Å². The largest absolute Gasteiger partial charge is 0.506 e. The van der Waals surface area contributed by atoms with Crippen LogP contribution >= 0.6 is 0 Å². The summed E-state index contributed by atoms with van der Waals surface area (Å²) in [5, 5.41) is 30.6. The number of carboxylic acid groups (broad SMARTS) is 2. The molecule has 0 aliphatic carbocycles. The van der Waals surface area contributed by atoms with Gasteiger partial charge in [0, 0.05) is 37.9 Å². The zero-order chi connectivity index (χ0) is 30.4. The number of aromatic hydroxyl groups is 1. The van der Waals surface area contributed by atoms with Gasteiger partial charge < -0.3 is 35.6 Å². The van der Waals surface area contributed by atoms with Crippen LogP contribution in [0, 0.1) is 11.6 Å². The Morgan fingerprint density at radius 3 is 2.45 bits per heavy atom. The summed E-state index contributed by atoms with van der Waals surface area (Å²) in [5.41, 5.74) is 1.78. The van der Waals surface area contributed by atoms with Gasteiger partial charge in [0.25, 0.3) is 0 Å². The fourth-order valence-electron chi connectivity index (χ4n) is 4.37. The van der Waals surface area contributed by atoms with E-state index in [1.165, 1.54) is 19.4 Å². The SMILES string of the molecule is COc1cc(F)c2nccc(NC(=O)N3CCC(NCc4cnc5c(O)cccc5n4)CC3)c2c1F.O=C(O)C(=O)O. The monoisotopic (exact) mass is 584 g/mol. The third-order valence-electron chi connectivity index (χ3n) is 6.47. The molecule has 1 aliphatic rings. The van der Waals surface area contributed by atoms with Gasteiger partial charge in [-0.25, -0.2) is 33.1 Å². The first-order valence-corrected chi connectivity index (χ1v) is 12.6. The number of urea groups is 1. The third kappa shape index (κ3) is 6.75. The Balaban J connectivity index is 0.000000612. The number of nitrogens with zero attached hydrogens (tertiary/aromatic N) is 4. The number of halogens is 2.